The molecule has 0 aromatic heterocycles. The van der Waals surface area contributed by atoms with Crippen molar-refractivity contribution in [2.24, 2.45) is 11.3 Å². The summed E-state index contributed by atoms with van der Waals surface area (Å²) in [5, 5.41) is 0. The molecule has 0 N–H and O–H groups in total. The highest BCUT2D eigenvalue weighted by Crippen LogP contribution is 2.38. The van der Waals surface area contributed by atoms with E-state index < -0.39 is 0 Å². The van der Waals surface area contributed by atoms with Gasteiger partial charge in [0.15, 0.2) is 0 Å². The molecule has 0 aliphatic heterocycles. The van der Waals surface area contributed by atoms with Crippen molar-refractivity contribution in [2.75, 3.05) is 0 Å². The molecule has 1 saturated carbocycles. The van der Waals surface area contributed by atoms with Gasteiger partial charge in [0, 0.05) is 0 Å². The Balaban J connectivity index is 2.44. The third kappa shape index (κ3) is 4.48. The summed E-state index contributed by atoms with van der Waals surface area (Å²) < 4.78 is 0. The van der Waals surface area contributed by atoms with Crippen LogP contribution >= 0.6 is 0 Å². The number of hydrogen-bond acceptors (Lipinski definition) is 0. The zero-order chi connectivity index (χ0) is 10.4. The molecule has 0 heterocycles. The van der Waals surface area contributed by atoms with Gasteiger partial charge in [0.05, 0.1) is 0 Å². The molecule has 1 rings (SSSR count). The van der Waals surface area contributed by atoms with Gasteiger partial charge in [-0.2, -0.15) is 0 Å². The maximum absolute atomic E-state index is 2.53. The van der Waals surface area contributed by atoms with Crippen LogP contribution in [0.4, 0.5) is 0 Å². The van der Waals surface area contributed by atoms with E-state index in [1.807, 2.05) is 0 Å². The van der Waals surface area contributed by atoms with E-state index in [-0.39, 0.29) is 0 Å². The van der Waals surface area contributed by atoms with Gasteiger partial charge in [0.25, 0.3) is 0 Å². The molecule has 1 aliphatic rings. The Hall–Kier alpha value is 0. The minimum Gasteiger partial charge on any atom is -0.0628 e. The Bertz CT molecular complexity index is 136. The number of rotatable bonds is 2. The highest BCUT2D eigenvalue weighted by Gasteiger charge is 2.24. The smallest absolute Gasteiger partial charge is 0.0323 e. The fourth-order valence-corrected chi connectivity index (χ4v) is 3.13. The van der Waals surface area contributed by atoms with Gasteiger partial charge in [-0.15, -0.1) is 0 Å². The lowest BCUT2D eigenvalue weighted by Crippen LogP contribution is -2.18. The summed E-state index contributed by atoms with van der Waals surface area (Å²) in [6.45, 7) is 7.27. The second-order valence-electron chi connectivity index (χ2n) is 6.03. The first-order valence-electron chi connectivity index (χ1n) is 6.62. The molecule has 0 heteroatoms. The molecule has 0 aromatic rings. The van der Waals surface area contributed by atoms with E-state index in [9.17, 15) is 0 Å². The second-order valence-corrected chi connectivity index (χ2v) is 6.03. The van der Waals surface area contributed by atoms with Crippen molar-refractivity contribution in [2.45, 2.75) is 78.6 Å². The SMILES string of the molecule is CC(C)CC1(C)CCCCCCCC1. The first-order chi connectivity index (χ1) is 6.62. The molecule has 0 aromatic carbocycles. The van der Waals surface area contributed by atoms with E-state index in [2.05, 4.69) is 20.8 Å². The van der Waals surface area contributed by atoms with Gasteiger partial charge in [-0.1, -0.05) is 59.3 Å². The predicted molar refractivity (Wildman–Crippen MR) is 64.5 cm³/mol. The Kier molecular flexibility index (Phi) is 4.98. The lowest BCUT2D eigenvalue weighted by Gasteiger charge is -2.31. The van der Waals surface area contributed by atoms with Gasteiger partial charge in [-0.3, -0.25) is 0 Å². The maximum atomic E-state index is 2.53. The quantitative estimate of drug-likeness (QED) is 0.571. The molecule has 0 saturated heterocycles. The Morgan fingerprint density at radius 2 is 1.29 bits per heavy atom. The molecule has 84 valence electrons. The molecule has 0 amide bonds. The predicted octanol–water partition coefficient (Wildman–Crippen LogP) is 5.17. The molecule has 0 atom stereocenters. The Labute approximate surface area is 90.5 Å². The summed E-state index contributed by atoms with van der Waals surface area (Å²) in [7, 11) is 0. The summed E-state index contributed by atoms with van der Waals surface area (Å²) in [6, 6.07) is 0. The van der Waals surface area contributed by atoms with Crippen molar-refractivity contribution < 1.29 is 0 Å². The summed E-state index contributed by atoms with van der Waals surface area (Å²) in [5.41, 5.74) is 0.665. The zero-order valence-corrected chi connectivity index (χ0v) is 10.4. The molecular weight excluding hydrogens is 168 g/mol. The van der Waals surface area contributed by atoms with Gasteiger partial charge in [0.2, 0.25) is 0 Å². The normalized spacial score (nSPS) is 24.0. The van der Waals surface area contributed by atoms with Crippen molar-refractivity contribution >= 4 is 0 Å². The molecule has 0 nitrogen and oxygen atoms in total. The van der Waals surface area contributed by atoms with Crippen LogP contribution in [0.5, 0.6) is 0 Å². The largest absolute Gasteiger partial charge is 0.0628 e. The van der Waals surface area contributed by atoms with Gasteiger partial charge in [-0.05, 0) is 30.6 Å². The van der Waals surface area contributed by atoms with Crippen LogP contribution in [-0.2, 0) is 0 Å². The molecule has 0 radical (unpaired) electrons. The molecule has 14 heavy (non-hydrogen) atoms. The summed E-state index contributed by atoms with van der Waals surface area (Å²) in [6.07, 6.45) is 13.3. The first-order valence-corrected chi connectivity index (χ1v) is 6.62. The van der Waals surface area contributed by atoms with Gasteiger partial charge in [-0.25, -0.2) is 0 Å². The van der Waals surface area contributed by atoms with Gasteiger partial charge in [0.1, 0.15) is 0 Å². The topological polar surface area (TPSA) is 0 Å². The second kappa shape index (κ2) is 5.78. The fourth-order valence-electron chi connectivity index (χ4n) is 3.13. The minimum atomic E-state index is 0.665. The minimum absolute atomic E-state index is 0.665. The van der Waals surface area contributed by atoms with Crippen LogP contribution in [-0.4, -0.2) is 0 Å². The van der Waals surface area contributed by atoms with E-state index >= 15 is 0 Å². The first kappa shape index (κ1) is 12.1. The molecule has 1 aliphatic carbocycles. The molecule has 0 spiro atoms. The highest BCUT2D eigenvalue weighted by molar-refractivity contribution is 4.76. The third-order valence-electron chi connectivity index (χ3n) is 3.71. The van der Waals surface area contributed by atoms with Crippen LogP contribution in [0.1, 0.15) is 78.6 Å². The highest BCUT2D eigenvalue weighted by atomic mass is 14.3. The van der Waals surface area contributed by atoms with Crippen LogP contribution in [0, 0.1) is 11.3 Å². The summed E-state index contributed by atoms with van der Waals surface area (Å²) in [4.78, 5) is 0. The van der Waals surface area contributed by atoms with Crippen molar-refractivity contribution in [3.8, 4) is 0 Å². The van der Waals surface area contributed by atoms with E-state index in [0.29, 0.717) is 5.41 Å². The van der Waals surface area contributed by atoms with Crippen LogP contribution < -0.4 is 0 Å². The van der Waals surface area contributed by atoms with Crippen molar-refractivity contribution in [3.63, 3.8) is 0 Å². The fraction of sp³-hybridized carbons (Fsp3) is 1.00. The third-order valence-corrected chi connectivity index (χ3v) is 3.71. The number of hydrogen-bond donors (Lipinski definition) is 0. The van der Waals surface area contributed by atoms with Crippen LogP contribution in [0.3, 0.4) is 0 Å². The monoisotopic (exact) mass is 196 g/mol. The van der Waals surface area contributed by atoms with E-state index in [0.717, 1.165) is 5.92 Å². The molecule has 1 fully saturated rings. The summed E-state index contributed by atoms with van der Waals surface area (Å²) in [5.74, 6) is 0.876. The van der Waals surface area contributed by atoms with Crippen molar-refractivity contribution in [1.29, 1.82) is 0 Å². The average molecular weight is 196 g/mol. The van der Waals surface area contributed by atoms with Crippen molar-refractivity contribution in [1.82, 2.24) is 0 Å². The Morgan fingerprint density at radius 1 is 0.857 bits per heavy atom. The van der Waals surface area contributed by atoms with Crippen LogP contribution in [0.15, 0.2) is 0 Å². The van der Waals surface area contributed by atoms with E-state index in [4.69, 9.17) is 0 Å². The van der Waals surface area contributed by atoms with Gasteiger partial charge >= 0.3 is 0 Å². The standard InChI is InChI=1S/C14H28/c1-13(2)12-14(3)10-8-6-4-5-7-9-11-14/h13H,4-12H2,1-3H3. The summed E-state index contributed by atoms with van der Waals surface area (Å²) >= 11 is 0. The van der Waals surface area contributed by atoms with E-state index in [1.54, 1.807) is 0 Å². The molecule has 0 unspecified atom stereocenters. The average Bonchev–Trinajstić information content (AvgIpc) is 2.16. The Morgan fingerprint density at radius 3 is 1.71 bits per heavy atom. The van der Waals surface area contributed by atoms with Gasteiger partial charge < -0.3 is 0 Å². The lowest BCUT2D eigenvalue weighted by molar-refractivity contribution is 0.208. The lowest BCUT2D eigenvalue weighted by atomic mass is 9.75. The van der Waals surface area contributed by atoms with E-state index in [1.165, 1.54) is 57.8 Å². The molecule has 0 bridgehead atoms. The molecular formula is C14H28. The van der Waals surface area contributed by atoms with Crippen LogP contribution in [0.25, 0.3) is 0 Å². The maximum Gasteiger partial charge on any atom is -0.0323 e. The zero-order valence-electron chi connectivity index (χ0n) is 10.4. The van der Waals surface area contributed by atoms with Crippen molar-refractivity contribution in [3.05, 3.63) is 0 Å². The van der Waals surface area contributed by atoms with Crippen LogP contribution in [0.2, 0.25) is 0 Å².